The molecule has 2 rings (SSSR count). The molecule has 1 N–H and O–H groups in total. The third-order valence-electron chi connectivity index (χ3n) is 3.77. The normalized spacial score (nSPS) is 27.8. The minimum Gasteiger partial charge on any atom is -0.381 e. The lowest BCUT2D eigenvalue weighted by Crippen LogP contribution is -2.36. The SMILES string of the molecule is CC1CC(C)(C)CCC1Nc1ccc(F)nc1. The molecule has 0 aromatic carbocycles. The first-order valence-corrected chi connectivity index (χ1v) is 6.34. The fourth-order valence-corrected chi connectivity index (χ4v) is 2.84. The zero-order chi connectivity index (χ0) is 12.5. The van der Waals surface area contributed by atoms with E-state index in [2.05, 4.69) is 31.1 Å². The Kier molecular flexibility index (Phi) is 3.36. The Bertz CT molecular complexity index is 372. The van der Waals surface area contributed by atoms with Crippen LogP contribution in [0.4, 0.5) is 10.1 Å². The summed E-state index contributed by atoms with van der Waals surface area (Å²) in [6.07, 6.45) is 5.22. The Morgan fingerprint density at radius 3 is 2.76 bits per heavy atom. The van der Waals surface area contributed by atoms with Crippen LogP contribution in [0.5, 0.6) is 0 Å². The maximum atomic E-state index is 12.7. The van der Waals surface area contributed by atoms with E-state index in [9.17, 15) is 4.39 Å². The quantitative estimate of drug-likeness (QED) is 0.789. The van der Waals surface area contributed by atoms with Crippen molar-refractivity contribution in [3.8, 4) is 0 Å². The molecular weight excluding hydrogens is 215 g/mol. The van der Waals surface area contributed by atoms with Crippen molar-refractivity contribution in [2.75, 3.05) is 5.32 Å². The zero-order valence-corrected chi connectivity index (χ0v) is 10.8. The molecule has 2 atom stereocenters. The van der Waals surface area contributed by atoms with E-state index in [1.807, 2.05) is 0 Å². The summed E-state index contributed by atoms with van der Waals surface area (Å²) in [5, 5.41) is 3.47. The number of nitrogens with one attached hydrogen (secondary N) is 1. The van der Waals surface area contributed by atoms with E-state index >= 15 is 0 Å². The van der Waals surface area contributed by atoms with Crippen LogP contribution in [0.3, 0.4) is 0 Å². The molecule has 0 saturated heterocycles. The molecule has 1 heterocycles. The maximum absolute atomic E-state index is 12.7. The molecule has 0 aliphatic heterocycles. The van der Waals surface area contributed by atoms with E-state index in [1.165, 1.54) is 25.3 Å². The van der Waals surface area contributed by atoms with Crippen LogP contribution in [0.2, 0.25) is 0 Å². The van der Waals surface area contributed by atoms with Crippen molar-refractivity contribution in [3.05, 3.63) is 24.3 Å². The van der Waals surface area contributed by atoms with Crippen LogP contribution >= 0.6 is 0 Å². The Morgan fingerprint density at radius 2 is 2.18 bits per heavy atom. The van der Waals surface area contributed by atoms with Gasteiger partial charge < -0.3 is 5.32 Å². The topological polar surface area (TPSA) is 24.9 Å². The lowest BCUT2D eigenvalue weighted by Gasteiger charge is -2.39. The third kappa shape index (κ3) is 3.18. The van der Waals surface area contributed by atoms with E-state index in [-0.39, 0.29) is 0 Å². The van der Waals surface area contributed by atoms with Gasteiger partial charge in [0.1, 0.15) is 0 Å². The standard InChI is InChI=1S/C14H21FN2/c1-10-8-14(2,3)7-6-12(10)17-11-4-5-13(15)16-9-11/h4-5,9-10,12,17H,6-8H2,1-3H3. The summed E-state index contributed by atoms with van der Waals surface area (Å²) in [5.41, 5.74) is 1.38. The molecule has 0 spiro atoms. The molecular formula is C14H21FN2. The molecule has 0 bridgehead atoms. The molecule has 1 saturated carbocycles. The van der Waals surface area contributed by atoms with Gasteiger partial charge >= 0.3 is 0 Å². The molecule has 0 radical (unpaired) electrons. The first-order chi connectivity index (χ1) is 7.96. The fraction of sp³-hybridized carbons (Fsp3) is 0.643. The van der Waals surface area contributed by atoms with Crippen LogP contribution in [-0.4, -0.2) is 11.0 Å². The van der Waals surface area contributed by atoms with Gasteiger partial charge in [0.2, 0.25) is 5.95 Å². The highest BCUT2D eigenvalue weighted by Crippen LogP contribution is 2.39. The lowest BCUT2D eigenvalue weighted by molar-refractivity contribution is 0.177. The van der Waals surface area contributed by atoms with Crippen molar-refractivity contribution >= 4 is 5.69 Å². The van der Waals surface area contributed by atoms with E-state index in [1.54, 1.807) is 12.3 Å². The van der Waals surface area contributed by atoms with Crippen molar-refractivity contribution < 1.29 is 4.39 Å². The van der Waals surface area contributed by atoms with Gasteiger partial charge in [0, 0.05) is 6.04 Å². The minimum absolute atomic E-state index is 0.423. The summed E-state index contributed by atoms with van der Waals surface area (Å²) < 4.78 is 12.7. The number of halogens is 1. The van der Waals surface area contributed by atoms with Crippen LogP contribution in [0, 0.1) is 17.3 Å². The summed E-state index contributed by atoms with van der Waals surface area (Å²) >= 11 is 0. The van der Waals surface area contributed by atoms with Crippen molar-refractivity contribution in [2.24, 2.45) is 11.3 Å². The predicted molar refractivity (Wildman–Crippen MR) is 68.4 cm³/mol. The summed E-state index contributed by atoms with van der Waals surface area (Å²) in [4.78, 5) is 3.67. The fourth-order valence-electron chi connectivity index (χ4n) is 2.84. The molecule has 3 heteroatoms. The highest BCUT2D eigenvalue weighted by atomic mass is 19.1. The van der Waals surface area contributed by atoms with Crippen LogP contribution in [0.1, 0.15) is 40.0 Å². The number of pyridine rings is 1. The Balaban J connectivity index is 1.98. The van der Waals surface area contributed by atoms with Crippen LogP contribution in [-0.2, 0) is 0 Å². The predicted octanol–water partition coefficient (Wildman–Crippen LogP) is 3.85. The van der Waals surface area contributed by atoms with Gasteiger partial charge in [-0.1, -0.05) is 20.8 Å². The molecule has 2 nitrogen and oxygen atoms in total. The Morgan fingerprint density at radius 1 is 1.41 bits per heavy atom. The van der Waals surface area contributed by atoms with Crippen molar-refractivity contribution in [2.45, 2.75) is 46.1 Å². The molecule has 1 fully saturated rings. The lowest BCUT2D eigenvalue weighted by atomic mass is 9.70. The van der Waals surface area contributed by atoms with E-state index in [4.69, 9.17) is 0 Å². The van der Waals surface area contributed by atoms with E-state index in [0.717, 1.165) is 5.69 Å². The van der Waals surface area contributed by atoms with Gasteiger partial charge in [0.05, 0.1) is 11.9 Å². The number of hydrogen-bond acceptors (Lipinski definition) is 2. The highest BCUT2D eigenvalue weighted by Gasteiger charge is 2.32. The highest BCUT2D eigenvalue weighted by molar-refractivity contribution is 5.41. The summed E-state index contributed by atoms with van der Waals surface area (Å²) in [6, 6.07) is 3.64. The minimum atomic E-state index is -0.423. The smallest absolute Gasteiger partial charge is 0.212 e. The summed E-state index contributed by atoms with van der Waals surface area (Å²) in [5.74, 6) is 0.220. The van der Waals surface area contributed by atoms with Crippen molar-refractivity contribution in [3.63, 3.8) is 0 Å². The third-order valence-corrected chi connectivity index (χ3v) is 3.77. The van der Waals surface area contributed by atoms with Crippen molar-refractivity contribution in [1.29, 1.82) is 0 Å². The molecule has 2 unspecified atom stereocenters. The second kappa shape index (κ2) is 4.63. The first kappa shape index (κ1) is 12.3. The maximum Gasteiger partial charge on any atom is 0.212 e. The molecule has 1 aliphatic carbocycles. The van der Waals surface area contributed by atoms with Gasteiger partial charge in [0.15, 0.2) is 0 Å². The number of hydrogen-bond donors (Lipinski definition) is 1. The second-order valence-corrected chi connectivity index (χ2v) is 6.00. The Labute approximate surface area is 103 Å². The van der Waals surface area contributed by atoms with Crippen LogP contribution in [0.15, 0.2) is 18.3 Å². The zero-order valence-electron chi connectivity index (χ0n) is 10.8. The largest absolute Gasteiger partial charge is 0.381 e. The number of rotatable bonds is 2. The number of aromatic nitrogens is 1. The van der Waals surface area contributed by atoms with Crippen LogP contribution in [0.25, 0.3) is 0 Å². The average molecular weight is 236 g/mol. The first-order valence-electron chi connectivity index (χ1n) is 6.34. The van der Waals surface area contributed by atoms with Gasteiger partial charge in [-0.15, -0.1) is 0 Å². The monoisotopic (exact) mass is 236 g/mol. The van der Waals surface area contributed by atoms with E-state index in [0.29, 0.717) is 17.4 Å². The van der Waals surface area contributed by atoms with Gasteiger partial charge in [-0.2, -0.15) is 4.39 Å². The van der Waals surface area contributed by atoms with Crippen molar-refractivity contribution in [1.82, 2.24) is 4.98 Å². The summed E-state index contributed by atoms with van der Waals surface area (Å²) in [6.45, 7) is 6.95. The number of nitrogens with zero attached hydrogens (tertiary/aromatic N) is 1. The Hall–Kier alpha value is -1.12. The molecule has 17 heavy (non-hydrogen) atoms. The van der Waals surface area contributed by atoms with E-state index < -0.39 is 5.95 Å². The average Bonchev–Trinajstić information content (AvgIpc) is 2.24. The molecule has 1 aliphatic rings. The molecule has 0 amide bonds. The van der Waals surface area contributed by atoms with Gasteiger partial charge in [-0.25, -0.2) is 4.98 Å². The molecule has 1 aromatic heterocycles. The van der Waals surface area contributed by atoms with Crippen LogP contribution < -0.4 is 5.32 Å². The molecule has 1 aromatic rings. The van der Waals surface area contributed by atoms with Gasteiger partial charge in [0.25, 0.3) is 0 Å². The van der Waals surface area contributed by atoms with Gasteiger partial charge in [-0.05, 0) is 42.7 Å². The molecule has 94 valence electrons. The summed E-state index contributed by atoms with van der Waals surface area (Å²) in [7, 11) is 0. The second-order valence-electron chi connectivity index (χ2n) is 6.00. The number of anilines is 1. The van der Waals surface area contributed by atoms with Gasteiger partial charge in [-0.3, -0.25) is 0 Å².